The minimum Gasteiger partial charge on any atom is -0.380 e. The molecule has 0 aliphatic carbocycles. The molecule has 1 aliphatic heterocycles. The molecule has 1 heterocycles. The highest BCUT2D eigenvalue weighted by molar-refractivity contribution is 5.89. The number of carbonyl (C=O) groups is 2. The first-order valence-corrected chi connectivity index (χ1v) is 8.25. The van der Waals surface area contributed by atoms with Crippen LogP contribution in [0.5, 0.6) is 0 Å². The van der Waals surface area contributed by atoms with Crippen molar-refractivity contribution in [2.75, 3.05) is 32.1 Å². The second-order valence-corrected chi connectivity index (χ2v) is 5.92. The number of amides is 3. The molecule has 0 spiro atoms. The molecule has 0 bridgehead atoms. The van der Waals surface area contributed by atoms with Crippen LogP contribution in [0, 0.1) is 0 Å². The second-order valence-electron chi connectivity index (χ2n) is 5.92. The number of methoxy groups -OCH3 is 1. The van der Waals surface area contributed by atoms with Crippen LogP contribution in [-0.4, -0.2) is 55.7 Å². The number of para-hydroxylation sites is 1. The zero-order chi connectivity index (χ0) is 17.4. The van der Waals surface area contributed by atoms with Crippen molar-refractivity contribution < 1.29 is 14.3 Å². The van der Waals surface area contributed by atoms with Gasteiger partial charge in [0.25, 0.3) is 0 Å². The van der Waals surface area contributed by atoms with Gasteiger partial charge in [-0.15, -0.1) is 12.4 Å². The predicted molar refractivity (Wildman–Crippen MR) is 99.9 cm³/mol. The fraction of sp³-hybridized carbons (Fsp3) is 0.529. The lowest BCUT2D eigenvalue weighted by Gasteiger charge is -2.33. The van der Waals surface area contributed by atoms with E-state index in [1.165, 1.54) is 0 Å². The number of ether oxygens (including phenoxy) is 1. The Morgan fingerprint density at radius 2 is 1.92 bits per heavy atom. The van der Waals surface area contributed by atoms with Crippen LogP contribution in [0.2, 0.25) is 0 Å². The second kappa shape index (κ2) is 10.9. The molecule has 1 saturated heterocycles. The van der Waals surface area contributed by atoms with Crippen LogP contribution in [0.1, 0.15) is 19.3 Å². The lowest BCUT2D eigenvalue weighted by molar-refractivity contribution is -0.134. The van der Waals surface area contributed by atoms with Gasteiger partial charge in [0.2, 0.25) is 5.91 Å². The number of rotatable bonds is 6. The molecular weight excluding hydrogens is 344 g/mol. The normalized spacial score (nSPS) is 15.8. The van der Waals surface area contributed by atoms with Crippen molar-refractivity contribution in [2.45, 2.75) is 31.4 Å². The third-order valence-corrected chi connectivity index (χ3v) is 4.21. The van der Waals surface area contributed by atoms with Crippen molar-refractivity contribution in [3.63, 3.8) is 0 Å². The Labute approximate surface area is 154 Å². The number of nitrogens with two attached hydrogens (primary N) is 1. The summed E-state index contributed by atoms with van der Waals surface area (Å²) in [6, 6.07) is 9.17. The molecule has 1 atom stereocenters. The molecule has 2 rings (SSSR count). The minimum absolute atomic E-state index is 0. The third kappa shape index (κ3) is 6.89. The Kier molecular flexibility index (Phi) is 9.26. The highest BCUT2D eigenvalue weighted by atomic mass is 35.5. The maximum absolute atomic E-state index is 12.2. The number of hydrogen-bond acceptors (Lipinski definition) is 4. The van der Waals surface area contributed by atoms with E-state index in [1.54, 1.807) is 7.11 Å². The summed E-state index contributed by atoms with van der Waals surface area (Å²) < 4.78 is 5.15. The molecule has 3 amide bonds. The zero-order valence-corrected chi connectivity index (χ0v) is 15.3. The average Bonchev–Trinajstić information content (AvgIpc) is 2.60. The number of anilines is 1. The molecule has 1 unspecified atom stereocenters. The third-order valence-electron chi connectivity index (χ3n) is 4.21. The van der Waals surface area contributed by atoms with Crippen molar-refractivity contribution in [3.8, 4) is 0 Å². The average molecular weight is 371 g/mol. The van der Waals surface area contributed by atoms with E-state index in [4.69, 9.17) is 10.5 Å². The van der Waals surface area contributed by atoms with Gasteiger partial charge in [0.05, 0.1) is 12.5 Å². The molecule has 7 nitrogen and oxygen atoms in total. The van der Waals surface area contributed by atoms with E-state index >= 15 is 0 Å². The van der Waals surface area contributed by atoms with Gasteiger partial charge < -0.3 is 26.0 Å². The van der Waals surface area contributed by atoms with E-state index in [0.717, 1.165) is 18.5 Å². The summed E-state index contributed by atoms with van der Waals surface area (Å²) in [6.07, 6.45) is 1.56. The van der Waals surface area contributed by atoms with Gasteiger partial charge in [0, 0.05) is 38.5 Å². The summed E-state index contributed by atoms with van der Waals surface area (Å²) in [6.45, 7) is 1.60. The minimum atomic E-state index is -0.231. The largest absolute Gasteiger partial charge is 0.380 e. The van der Waals surface area contributed by atoms with Crippen LogP contribution < -0.4 is 16.4 Å². The Morgan fingerprint density at radius 1 is 1.28 bits per heavy atom. The molecule has 1 aliphatic rings. The molecule has 4 N–H and O–H groups in total. The Balaban J connectivity index is 0.00000312. The van der Waals surface area contributed by atoms with Crippen LogP contribution >= 0.6 is 12.4 Å². The van der Waals surface area contributed by atoms with Crippen LogP contribution in [0.25, 0.3) is 0 Å². The van der Waals surface area contributed by atoms with Gasteiger partial charge in [0.15, 0.2) is 0 Å². The highest BCUT2D eigenvalue weighted by Gasteiger charge is 2.25. The van der Waals surface area contributed by atoms with Crippen LogP contribution in [0.4, 0.5) is 10.5 Å². The van der Waals surface area contributed by atoms with Gasteiger partial charge in [-0.1, -0.05) is 18.2 Å². The summed E-state index contributed by atoms with van der Waals surface area (Å²) in [5.41, 5.74) is 6.31. The first kappa shape index (κ1) is 21.2. The molecule has 0 aromatic heterocycles. The Morgan fingerprint density at radius 3 is 2.48 bits per heavy atom. The van der Waals surface area contributed by atoms with Crippen molar-refractivity contribution in [1.29, 1.82) is 0 Å². The molecule has 8 heteroatoms. The first-order valence-electron chi connectivity index (χ1n) is 8.25. The quantitative estimate of drug-likeness (QED) is 0.708. The number of nitrogens with zero attached hydrogens (tertiary/aromatic N) is 1. The molecule has 1 fully saturated rings. The van der Waals surface area contributed by atoms with Crippen molar-refractivity contribution in [2.24, 2.45) is 5.73 Å². The van der Waals surface area contributed by atoms with Gasteiger partial charge in [-0.2, -0.15) is 0 Å². The summed E-state index contributed by atoms with van der Waals surface area (Å²) in [5.74, 6) is 0.0551. The number of hydrogen-bond donors (Lipinski definition) is 3. The number of carbonyl (C=O) groups excluding carboxylic acids is 2. The highest BCUT2D eigenvalue weighted by Crippen LogP contribution is 2.13. The molecule has 25 heavy (non-hydrogen) atoms. The van der Waals surface area contributed by atoms with Crippen molar-refractivity contribution in [3.05, 3.63) is 30.3 Å². The fourth-order valence-electron chi connectivity index (χ4n) is 2.73. The monoisotopic (exact) mass is 370 g/mol. The van der Waals surface area contributed by atoms with E-state index in [-0.39, 0.29) is 36.5 Å². The van der Waals surface area contributed by atoms with Crippen LogP contribution in [-0.2, 0) is 9.53 Å². The van der Waals surface area contributed by atoms with E-state index in [0.29, 0.717) is 26.1 Å². The van der Waals surface area contributed by atoms with Crippen LogP contribution in [0.15, 0.2) is 30.3 Å². The Hall–Kier alpha value is -1.83. The Bertz CT molecular complexity index is 532. The topological polar surface area (TPSA) is 96.7 Å². The number of halogens is 1. The number of benzene rings is 1. The standard InChI is InChI=1S/C17H26N4O3.ClH/c1-24-15(12-18)11-16(22)21-9-7-14(8-10-21)20-17(23)19-13-5-3-2-4-6-13;/h2-6,14-15H,7-12,18H2,1H3,(H2,19,20,23);1H. The van der Waals surface area contributed by atoms with Gasteiger partial charge in [-0.25, -0.2) is 4.79 Å². The number of likely N-dealkylation sites (tertiary alicyclic amines) is 1. The van der Waals surface area contributed by atoms with Gasteiger partial charge in [0.1, 0.15) is 0 Å². The summed E-state index contributed by atoms with van der Waals surface area (Å²) >= 11 is 0. The maximum Gasteiger partial charge on any atom is 0.319 e. The molecular formula is C17H27ClN4O3. The zero-order valence-electron chi connectivity index (χ0n) is 14.4. The van der Waals surface area contributed by atoms with Crippen LogP contribution in [0.3, 0.4) is 0 Å². The summed E-state index contributed by atoms with van der Waals surface area (Å²) in [7, 11) is 1.56. The van der Waals surface area contributed by atoms with E-state index in [2.05, 4.69) is 10.6 Å². The molecule has 0 saturated carbocycles. The molecule has 1 aromatic carbocycles. The van der Waals surface area contributed by atoms with E-state index < -0.39 is 0 Å². The number of urea groups is 1. The maximum atomic E-state index is 12.2. The number of nitrogens with one attached hydrogen (secondary N) is 2. The molecule has 0 radical (unpaired) electrons. The fourth-order valence-corrected chi connectivity index (χ4v) is 2.73. The molecule has 1 aromatic rings. The van der Waals surface area contributed by atoms with Crippen molar-refractivity contribution in [1.82, 2.24) is 10.2 Å². The summed E-state index contributed by atoms with van der Waals surface area (Å²) in [4.78, 5) is 26.0. The van der Waals surface area contributed by atoms with Crippen molar-refractivity contribution >= 4 is 30.0 Å². The SMILES string of the molecule is COC(CN)CC(=O)N1CCC(NC(=O)Nc2ccccc2)CC1.Cl. The molecule has 140 valence electrons. The predicted octanol–water partition coefficient (Wildman–Crippen LogP) is 1.58. The first-order chi connectivity index (χ1) is 11.6. The smallest absolute Gasteiger partial charge is 0.319 e. The van der Waals surface area contributed by atoms with E-state index in [1.807, 2.05) is 35.2 Å². The van der Waals surface area contributed by atoms with Gasteiger partial charge >= 0.3 is 6.03 Å². The summed E-state index contributed by atoms with van der Waals surface area (Å²) in [5, 5.41) is 5.76. The number of piperidine rings is 1. The van der Waals surface area contributed by atoms with Gasteiger partial charge in [-0.05, 0) is 25.0 Å². The van der Waals surface area contributed by atoms with Gasteiger partial charge in [-0.3, -0.25) is 4.79 Å². The lowest BCUT2D eigenvalue weighted by Crippen LogP contribution is -2.48. The lowest BCUT2D eigenvalue weighted by atomic mass is 10.0. The van der Waals surface area contributed by atoms with E-state index in [9.17, 15) is 9.59 Å².